The third kappa shape index (κ3) is 2.34. The van der Waals surface area contributed by atoms with E-state index in [0.717, 1.165) is 0 Å². The predicted octanol–water partition coefficient (Wildman–Crippen LogP) is 2.94. The van der Waals surface area contributed by atoms with Gasteiger partial charge >= 0.3 is 0 Å². The van der Waals surface area contributed by atoms with Gasteiger partial charge in [0.2, 0.25) is 0 Å². The van der Waals surface area contributed by atoms with Crippen LogP contribution >= 0.6 is 15.9 Å². The van der Waals surface area contributed by atoms with Gasteiger partial charge in [-0.1, -0.05) is 28.1 Å². The molecule has 0 aromatic heterocycles. The lowest BCUT2D eigenvalue weighted by Crippen LogP contribution is -1.78. The summed E-state index contributed by atoms with van der Waals surface area (Å²) in [6.07, 6.45) is 3.45. The molecule has 0 aliphatic rings. The van der Waals surface area contributed by atoms with Gasteiger partial charge < -0.3 is 5.11 Å². The minimum atomic E-state index is -0.345. The SMILES string of the molecule is Oc1ccc(F)cc1C=CCBr. The minimum absolute atomic E-state index is 0.0913. The van der Waals surface area contributed by atoms with Crippen molar-refractivity contribution in [2.45, 2.75) is 0 Å². The molecule has 0 atom stereocenters. The zero-order valence-electron chi connectivity index (χ0n) is 6.30. The molecule has 1 N–H and O–H groups in total. The van der Waals surface area contributed by atoms with Crippen LogP contribution in [0.25, 0.3) is 6.08 Å². The molecular formula is C9H8BrFO. The Kier molecular flexibility index (Phi) is 3.29. The topological polar surface area (TPSA) is 20.2 Å². The summed E-state index contributed by atoms with van der Waals surface area (Å²) < 4.78 is 12.6. The molecule has 0 spiro atoms. The van der Waals surface area contributed by atoms with Crippen molar-refractivity contribution >= 4 is 22.0 Å². The summed E-state index contributed by atoms with van der Waals surface area (Å²) in [6, 6.07) is 3.85. The van der Waals surface area contributed by atoms with E-state index in [9.17, 15) is 9.50 Å². The number of hydrogen-bond donors (Lipinski definition) is 1. The highest BCUT2D eigenvalue weighted by Gasteiger charge is 1.97. The molecule has 1 rings (SSSR count). The van der Waals surface area contributed by atoms with E-state index in [2.05, 4.69) is 15.9 Å². The summed E-state index contributed by atoms with van der Waals surface area (Å²) in [5.41, 5.74) is 0.495. The van der Waals surface area contributed by atoms with Gasteiger partial charge in [-0.3, -0.25) is 0 Å². The average molecular weight is 231 g/mol. The predicted molar refractivity (Wildman–Crippen MR) is 50.9 cm³/mol. The fourth-order valence-corrected chi connectivity index (χ4v) is 1.02. The third-order valence-corrected chi connectivity index (χ3v) is 1.75. The molecule has 0 saturated carbocycles. The van der Waals surface area contributed by atoms with Crippen LogP contribution in [0, 0.1) is 5.82 Å². The van der Waals surface area contributed by atoms with Crippen molar-refractivity contribution in [3.05, 3.63) is 35.7 Å². The normalized spacial score (nSPS) is 10.8. The molecule has 0 aliphatic heterocycles. The molecule has 0 aliphatic carbocycles. The number of aromatic hydroxyl groups is 1. The van der Waals surface area contributed by atoms with Crippen molar-refractivity contribution in [2.24, 2.45) is 0 Å². The van der Waals surface area contributed by atoms with Crippen molar-refractivity contribution in [3.8, 4) is 5.75 Å². The number of benzene rings is 1. The van der Waals surface area contributed by atoms with Gasteiger partial charge in [-0.05, 0) is 18.2 Å². The van der Waals surface area contributed by atoms with Crippen LogP contribution in [0.1, 0.15) is 5.56 Å². The molecule has 1 aromatic carbocycles. The molecule has 0 heterocycles. The van der Waals surface area contributed by atoms with E-state index in [0.29, 0.717) is 10.9 Å². The second kappa shape index (κ2) is 4.26. The Balaban J connectivity index is 2.97. The Bertz CT molecular complexity index is 297. The van der Waals surface area contributed by atoms with Gasteiger partial charge in [0.25, 0.3) is 0 Å². The molecule has 0 fully saturated rings. The maximum absolute atomic E-state index is 12.6. The summed E-state index contributed by atoms with van der Waals surface area (Å²) in [6.45, 7) is 0. The largest absolute Gasteiger partial charge is 0.507 e. The van der Waals surface area contributed by atoms with E-state index < -0.39 is 0 Å². The van der Waals surface area contributed by atoms with Crippen molar-refractivity contribution in [2.75, 3.05) is 5.33 Å². The smallest absolute Gasteiger partial charge is 0.124 e. The maximum Gasteiger partial charge on any atom is 0.124 e. The Labute approximate surface area is 78.7 Å². The van der Waals surface area contributed by atoms with Crippen LogP contribution in [-0.4, -0.2) is 10.4 Å². The van der Waals surface area contributed by atoms with E-state index in [1.807, 2.05) is 0 Å². The molecule has 0 bridgehead atoms. The number of allylic oxidation sites excluding steroid dienone is 1. The van der Waals surface area contributed by atoms with E-state index in [-0.39, 0.29) is 11.6 Å². The van der Waals surface area contributed by atoms with Crippen molar-refractivity contribution in [1.82, 2.24) is 0 Å². The maximum atomic E-state index is 12.6. The van der Waals surface area contributed by atoms with Crippen molar-refractivity contribution in [3.63, 3.8) is 0 Å². The van der Waals surface area contributed by atoms with Gasteiger partial charge in [0.05, 0.1) is 0 Å². The molecule has 0 radical (unpaired) electrons. The van der Waals surface area contributed by atoms with E-state index >= 15 is 0 Å². The van der Waals surface area contributed by atoms with Gasteiger partial charge in [0, 0.05) is 10.9 Å². The first kappa shape index (κ1) is 9.26. The van der Waals surface area contributed by atoms with Crippen molar-refractivity contribution < 1.29 is 9.50 Å². The fourth-order valence-electron chi connectivity index (χ4n) is 0.830. The van der Waals surface area contributed by atoms with Crippen LogP contribution in [0.2, 0.25) is 0 Å². The molecule has 12 heavy (non-hydrogen) atoms. The Morgan fingerprint density at radius 3 is 2.92 bits per heavy atom. The first-order valence-electron chi connectivity index (χ1n) is 3.45. The summed E-state index contributed by atoms with van der Waals surface area (Å²) in [7, 11) is 0. The zero-order chi connectivity index (χ0) is 8.97. The first-order chi connectivity index (χ1) is 5.74. The highest BCUT2D eigenvalue weighted by atomic mass is 79.9. The second-order valence-electron chi connectivity index (χ2n) is 2.26. The second-order valence-corrected chi connectivity index (χ2v) is 2.91. The minimum Gasteiger partial charge on any atom is -0.507 e. The van der Waals surface area contributed by atoms with Crippen LogP contribution in [0.15, 0.2) is 24.3 Å². The monoisotopic (exact) mass is 230 g/mol. The van der Waals surface area contributed by atoms with E-state index in [4.69, 9.17) is 0 Å². The van der Waals surface area contributed by atoms with Crippen LogP contribution in [0.4, 0.5) is 4.39 Å². The average Bonchev–Trinajstić information content (AvgIpc) is 2.07. The lowest BCUT2D eigenvalue weighted by Gasteiger charge is -1.97. The quantitative estimate of drug-likeness (QED) is 0.776. The van der Waals surface area contributed by atoms with Crippen molar-refractivity contribution in [1.29, 1.82) is 0 Å². The summed E-state index contributed by atoms with van der Waals surface area (Å²) in [4.78, 5) is 0. The lowest BCUT2D eigenvalue weighted by molar-refractivity contribution is 0.471. The zero-order valence-corrected chi connectivity index (χ0v) is 7.88. The molecule has 0 unspecified atom stereocenters. The molecule has 1 nitrogen and oxygen atoms in total. The van der Waals surface area contributed by atoms with Crippen LogP contribution in [0.3, 0.4) is 0 Å². The van der Waals surface area contributed by atoms with Gasteiger partial charge in [-0.25, -0.2) is 4.39 Å². The number of alkyl halides is 1. The Morgan fingerprint density at radius 2 is 2.25 bits per heavy atom. The molecule has 64 valence electrons. The van der Waals surface area contributed by atoms with Crippen LogP contribution in [0.5, 0.6) is 5.75 Å². The molecule has 1 aromatic rings. The van der Waals surface area contributed by atoms with Crippen LogP contribution < -0.4 is 0 Å². The lowest BCUT2D eigenvalue weighted by atomic mass is 10.2. The highest BCUT2D eigenvalue weighted by Crippen LogP contribution is 2.19. The van der Waals surface area contributed by atoms with Crippen LogP contribution in [-0.2, 0) is 0 Å². The number of rotatable bonds is 2. The number of hydrogen-bond acceptors (Lipinski definition) is 1. The molecule has 0 amide bonds. The third-order valence-electron chi connectivity index (χ3n) is 1.38. The number of phenolic OH excluding ortho intramolecular Hbond substituents is 1. The van der Waals surface area contributed by atoms with Gasteiger partial charge in [-0.15, -0.1) is 0 Å². The molecule has 3 heteroatoms. The summed E-state index contributed by atoms with van der Waals surface area (Å²) >= 11 is 3.19. The molecule has 0 saturated heterocycles. The first-order valence-corrected chi connectivity index (χ1v) is 4.57. The standard InChI is InChI=1S/C9H8BrFO/c10-5-1-2-7-6-8(11)3-4-9(7)12/h1-4,6,12H,5H2. The summed E-state index contributed by atoms with van der Waals surface area (Å²) in [5.74, 6) is -0.254. The van der Waals surface area contributed by atoms with Gasteiger partial charge in [0.15, 0.2) is 0 Å². The van der Waals surface area contributed by atoms with Gasteiger partial charge in [0.1, 0.15) is 11.6 Å². The Morgan fingerprint density at radius 1 is 1.50 bits per heavy atom. The van der Waals surface area contributed by atoms with E-state index in [1.54, 1.807) is 12.2 Å². The fraction of sp³-hybridized carbons (Fsp3) is 0.111. The number of halogens is 2. The van der Waals surface area contributed by atoms with E-state index in [1.165, 1.54) is 18.2 Å². The number of phenols is 1. The summed E-state index contributed by atoms with van der Waals surface area (Å²) in [5, 5.41) is 9.91. The molecular weight excluding hydrogens is 223 g/mol. The Hall–Kier alpha value is -0.830. The highest BCUT2D eigenvalue weighted by molar-refractivity contribution is 9.09. The van der Waals surface area contributed by atoms with Gasteiger partial charge in [-0.2, -0.15) is 0 Å².